The van der Waals surface area contributed by atoms with Gasteiger partial charge in [-0.3, -0.25) is 9.59 Å². The highest BCUT2D eigenvalue weighted by Crippen LogP contribution is 2.19. The van der Waals surface area contributed by atoms with Crippen molar-refractivity contribution in [1.82, 2.24) is 0 Å². The lowest BCUT2D eigenvalue weighted by Crippen LogP contribution is -2.35. The van der Waals surface area contributed by atoms with Gasteiger partial charge in [0.1, 0.15) is 0 Å². The van der Waals surface area contributed by atoms with Gasteiger partial charge in [-0.15, -0.1) is 0 Å². The normalized spacial score (nSPS) is 11.9. The highest BCUT2D eigenvalue weighted by Gasteiger charge is 2.19. The number of anilines is 2. The van der Waals surface area contributed by atoms with Gasteiger partial charge in [0.05, 0.1) is 5.92 Å². The lowest BCUT2D eigenvalue weighted by molar-refractivity contribution is -0.140. The van der Waals surface area contributed by atoms with Crippen LogP contribution in [0.2, 0.25) is 0 Å². The molecule has 0 saturated heterocycles. The van der Waals surface area contributed by atoms with Crippen LogP contribution in [0.5, 0.6) is 0 Å². The van der Waals surface area contributed by atoms with Crippen molar-refractivity contribution >= 4 is 23.3 Å². The lowest BCUT2D eigenvalue weighted by Gasteiger charge is -2.23. The summed E-state index contributed by atoms with van der Waals surface area (Å²) in [7, 11) is 0. The Morgan fingerprint density at radius 3 is 2.59 bits per heavy atom. The van der Waals surface area contributed by atoms with Crippen molar-refractivity contribution in [3.05, 3.63) is 24.3 Å². The average molecular weight is 236 g/mol. The fourth-order valence-corrected chi connectivity index (χ4v) is 1.46. The van der Waals surface area contributed by atoms with E-state index in [0.717, 1.165) is 0 Å². The van der Waals surface area contributed by atoms with E-state index in [1.54, 1.807) is 31.2 Å². The Balaban J connectivity index is 2.94. The highest BCUT2D eigenvalue weighted by atomic mass is 16.4. The van der Waals surface area contributed by atoms with Crippen molar-refractivity contribution in [1.29, 1.82) is 0 Å². The molecule has 0 aromatic heterocycles. The van der Waals surface area contributed by atoms with Crippen LogP contribution in [0.25, 0.3) is 0 Å². The molecule has 1 amide bonds. The molecule has 17 heavy (non-hydrogen) atoms. The Kier molecular flexibility index (Phi) is 4.09. The number of aliphatic carboxylic acids is 1. The second kappa shape index (κ2) is 5.34. The second-order valence-electron chi connectivity index (χ2n) is 3.96. The predicted octanol–water partition coefficient (Wildman–Crippen LogP) is 1.34. The third kappa shape index (κ3) is 3.48. The summed E-state index contributed by atoms with van der Waals surface area (Å²) >= 11 is 0. The standard InChI is InChI=1S/C12H16N2O3/c1-8(12(16)17)7-14(9(2)15)11-5-3-4-10(13)6-11/h3-6,8H,7,13H2,1-2H3,(H,16,17). The molecule has 0 aliphatic carbocycles. The maximum absolute atomic E-state index is 11.5. The summed E-state index contributed by atoms with van der Waals surface area (Å²) in [6.07, 6.45) is 0. The quantitative estimate of drug-likeness (QED) is 0.773. The molecule has 0 saturated carbocycles. The molecule has 1 rings (SSSR count). The predicted molar refractivity (Wildman–Crippen MR) is 65.7 cm³/mol. The molecule has 0 aliphatic rings. The maximum atomic E-state index is 11.5. The molecule has 5 heteroatoms. The lowest BCUT2D eigenvalue weighted by atomic mass is 10.1. The first-order valence-corrected chi connectivity index (χ1v) is 5.28. The van der Waals surface area contributed by atoms with E-state index in [1.165, 1.54) is 11.8 Å². The van der Waals surface area contributed by atoms with Crippen molar-refractivity contribution in [2.45, 2.75) is 13.8 Å². The van der Waals surface area contributed by atoms with Crippen molar-refractivity contribution < 1.29 is 14.7 Å². The first kappa shape index (κ1) is 13.0. The summed E-state index contributed by atoms with van der Waals surface area (Å²) in [6, 6.07) is 6.82. The highest BCUT2D eigenvalue weighted by molar-refractivity contribution is 5.92. The zero-order valence-electron chi connectivity index (χ0n) is 9.88. The van der Waals surface area contributed by atoms with Crippen LogP contribution in [0, 0.1) is 5.92 Å². The molecule has 0 spiro atoms. The molecule has 1 aromatic rings. The van der Waals surface area contributed by atoms with Gasteiger partial charge in [0, 0.05) is 24.8 Å². The van der Waals surface area contributed by atoms with E-state index in [1.807, 2.05) is 0 Å². The molecule has 92 valence electrons. The van der Waals surface area contributed by atoms with E-state index in [2.05, 4.69) is 0 Å². The largest absolute Gasteiger partial charge is 0.481 e. The minimum atomic E-state index is -0.930. The van der Waals surface area contributed by atoms with Gasteiger partial charge in [-0.25, -0.2) is 0 Å². The van der Waals surface area contributed by atoms with Gasteiger partial charge in [-0.2, -0.15) is 0 Å². The van der Waals surface area contributed by atoms with Gasteiger partial charge in [0.2, 0.25) is 5.91 Å². The Morgan fingerprint density at radius 2 is 2.12 bits per heavy atom. The number of carboxylic acid groups (broad SMARTS) is 1. The molecule has 3 N–H and O–H groups in total. The Hall–Kier alpha value is -2.04. The molecule has 0 fully saturated rings. The third-order valence-electron chi connectivity index (χ3n) is 2.44. The van der Waals surface area contributed by atoms with Crippen LogP contribution in [0.3, 0.4) is 0 Å². The van der Waals surface area contributed by atoms with Gasteiger partial charge in [-0.1, -0.05) is 13.0 Å². The Morgan fingerprint density at radius 1 is 1.47 bits per heavy atom. The van der Waals surface area contributed by atoms with Gasteiger partial charge < -0.3 is 15.7 Å². The number of amides is 1. The number of carbonyl (C=O) groups excluding carboxylic acids is 1. The van der Waals surface area contributed by atoms with Crippen LogP contribution < -0.4 is 10.6 Å². The van der Waals surface area contributed by atoms with Crippen LogP contribution in [0.15, 0.2) is 24.3 Å². The number of nitrogens with zero attached hydrogens (tertiary/aromatic N) is 1. The van der Waals surface area contributed by atoms with Gasteiger partial charge in [0.15, 0.2) is 0 Å². The smallest absolute Gasteiger partial charge is 0.308 e. The van der Waals surface area contributed by atoms with E-state index in [4.69, 9.17) is 10.8 Å². The summed E-state index contributed by atoms with van der Waals surface area (Å²) < 4.78 is 0. The number of hydrogen-bond donors (Lipinski definition) is 2. The fourth-order valence-electron chi connectivity index (χ4n) is 1.46. The maximum Gasteiger partial charge on any atom is 0.308 e. The SMILES string of the molecule is CC(=O)N(CC(C)C(=O)O)c1cccc(N)c1. The number of carbonyl (C=O) groups is 2. The van der Waals surface area contributed by atoms with E-state index in [-0.39, 0.29) is 12.5 Å². The summed E-state index contributed by atoms with van der Waals surface area (Å²) in [4.78, 5) is 23.7. The zero-order chi connectivity index (χ0) is 13.0. The van der Waals surface area contributed by atoms with Gasteiger partial charge in [0.25, 0.3) is 0 Å². The molecule has 0 radical (unpaired) electrons. The van der Waals surface area contributed by atoms with E-state index < -0.39 is 11.9 Å². The molecule has 1 aromatic carbocycles. The summed E-state index contributed by atoms with van der Waals surface area (Å²) in [6.45, 7) is 3.09. The summed E-state index contributed by atoms with van der Waals surface area (Å²) in [5.41, 5.74) is 6.79. The van der Waals surface area contributed by atoms with Gasteiger partial charge in [-0.05, 0) is 18.2 Å². The molecule has 0 heterocycles. The van der Waals surface area contributed by atoms with Crippen LogP contribution in [-0.4, -0.2) is 23.5 Å². The molecule has 1 unspecified atom stereocenters. The number of benzene rings is 1. The minimum Gasteiger partial charge on any atom is -0.481 e. The first-order valence-electron chi connectivity index (χ1n) is 5.28. The Bertz CT molecular complexity index is 432. The number of hydrogen-bond acceptors (Lipinski definition) is 3. The second-order valence-corrected chi connectivity index (χ2v) is 3.96. The first-order chi connectivity index (χ1) is 7.91. The summed E-state index contributed by atoms with van der Waals surface area (Å²) in [5.74, 6) is -1.76. The fraction of sp³-hybridized carbons (Fsp3) is 0.333. The molecule has 1 atom stereocenters. The molecule has 5 nitrogen and oxygen atoms in total. The van der Waals surface area contributed by atoms with Gasteiger partial charge >= 0.3 is 5.97 Å². The molecule has 0 aliphatic heterocycles. The van der Waals surface area contributed by atoms with Crippen LogP contribution in [0.4, 0.5) is 11.4 Å². The molecular formula is C12H16N2O3. The van der Waals surface area contributed by atoms with E-state index in [0.29, 0.717) is 11.4 Å². The minimum absolute atomic E-state index is 0.133. The van der Waals surface area contributed by atoms with Crippen LogP contribution >= 0.6 is 0 Å². The zero-order valence-corrected chi connectivity index (χ0v) is 9.88. The number of rotatable bonds is 4. The average Bonchev–Trinajstić information content (AvgIpc) is 2.24. The van der Waals surface area contributed by atoms with Crippen molar-refractivity contribution in [2.75, 3.05) is 17.2 Å². The van der Waals surface area contributed by atoms with Crippen molar-refractivity contribution in [3.8, 4) is 0 Å². The number of nitrogen functional groups attached to an aromatic ring is 1. The number of nitrogens with two attached hydrogens (primary N) is 1. The van der Waals surface area contributed by atoms with Crippen LogP contribution in [-0.2, 0) is 9.59 Å². The summed E-state index contributed by atoms with van der Waals surface area (Å²) in [5, 5.41) is 8.85. The third-order valence-corrected chi connectivity index (χ3v) is 2.44. The molecular weight excluding hydrogens is 220 g/mol. The van der Waals surface area contributed by atoms with E-state index >= 15 is 0 Å². The van der Waals surface area contributed by atoms with Crippen LogP contribution in [0.1, 0.15) is 13.8 Å². The monoisotopic (exact) mass is 236 g/mol. The topological polar surface area (TPSA) is 83.6 Å². The van der Waals surface area contributed by atoms with Crippen molar-refractivity contribution in [3.63, 3.8) is 0 Å². The molecule has 0 bridgehead atoms. The van der Waals surface area contributed by atoms with E-state index in [9.17, 15) is 9.59 Å². The Labute approximate surface area is 99.8 Å². The number of carboxylic acids is 1. The van der Waals surface area contributed by atoms with Crippen molar-refractivity contribution in [2.24, 2.45) is 5.92 Å².